The summed E-state index contributed by atoms with van der Waals surface area (Å²) in [6.07, 6.45) is 3.61. The fraction of sp³-hybridized carbons (Fsp3) is 0.615. The Hall–Kier alpha value is -0.970. The molecular formula is C13H23N3O. The Morgan fingerprint density at radius 2 is 1.94 bits per heavy atom. The molecule has 2 N–H and O–H groups in total. The van der Waals surface area contributed by atoms with E-state index in [9.17, 15) is 0 Å². The highest BCUT2D eigenvalue weighted by molar-refractivity contribution is 5.17. The van der Waals surface area contributed by atoms with Crippen LogP contribution in [0.5, 0.6) is 0 Å². The molecule has 0 fully saturated rings. The lowest BCUT2D eigenvalue weighted by atomic mass is 9.99. The van der Waals surface area contributed by atoms with Gasteiger partial charge in [0, 0.05) is 37.6 Å². The summed E-state index contributed by atoms with van der Waals surface area (Å²) in [5, 5.41) is 0. The van der Waals surface area contributed by atoms with Crippen molar-refractivity contribution in [1.82, 2.24) is 9.88 Å². The number of nitrogens with two attached hydrogens (primary N) is 1. The van der Waals surface area contributed by atoms with E-state index < -0.39 is 0 Å². The summed E-state index contributed by atoms with van der Waals surface area (Å²) in [5.74, 6) is 0. The lowest BCUT2D eigenvalue weighted by Gasteiger charge is -2.35. The first-order chi connectivity index (χ1) is 8.07. The SMILES string of the molecule is COCC(C)N(C)C(c1ccncc1)C(C)N. The van der Waals surface area contributed by atoms with Crippen LogP contribution in [0.25, 0.3) is 0 Å². The summed E-state index contributed by atoms with van der Waals surface area (Å²) in [6, 6.07) is 4.60. The van der Waals surface area contributed by atoms with Crippen molar-refractivity contribution in [3.8, 4) is 0 Å². The number of likely N-dealkylation sites (N-methyl/N-ethyl adjacent to an activating group) is 1. The van der Waals surface area contributed by atoms with E-state index >= 15 is 0 Å². The van der Waals surface area contributed by atoms with E-state index in [4.69, 9.17) is 10.5 Å². The molecule has 1 aromatic rings. The molecule has 0 bridgehead atoms. The Kier molecular flexibility index (Phi) is 5.55. The number of pyridine rings is 1. The van der Waals surface area contributed by atoms with Crippen molar-refractivity contribution >= 4 is 0 Å². The van der Waals surface area contributed by atoms with Gasteiger partial charge in [0.15, 0.2) is 0 Å². The van der Waals surface area contributed by atoms with Gasteiger partial charge in [0.05, 0.1) is 6.61 Å². The van der Waals surface area contributed by atoms with Crippen molar-refractivity contribution in [2.45, 2.75) is 32.0 Å². The van der Waals surface area contributed by atoms with Crippen LogP contribution in [0.1, 0.15) is 25.5 Å². The number of hydrogen-bond acceptors (Lipinski definition) is 4. The maximum absolute atomic E-state index is 6.10. The maximum Gasteiger partial charge on any atom is 0.0615 e. The second kappa shape index (κ2) is 6.69. The number of methoxy groups -OCH3 is 1. The van der Waals surface area contributed by atoms with Crippen LogP contribution in [0.2, 0.25) is 0 Å². The zero-order valence-corrected chi connectivity index (χ0v) is 11.1. The molecule has 3 atom stereocenters. The molecule has 0 radical (unpaired) electrons. The normalized spacial score (nSPS) is 16.8. The minimum atomic E-state index is 0.0571. The Morgan fingerprint density at radius 1 is 1.35 bits per heavy atom. The van der Waals surface area contributed by atoms with E-state index in [2.05, 4.69) is 23.9 Å². The standard InChI is InChI=1S/C13H23N3O/c1-10(9-17-4)16(3)13(11(2)14)12-5-7-15-8-6-12/h5-8,10-11,13H,9,14H2,1-4H3. The summed E-state index contributed by atoms with van der Waals surface area (Å²) in [7, 11) is 3.80. The molecule has 4 nitrogen and oxygen atoms in total. The van der Waals surface area contributed by atoms with Gasteiger partial charge < -0.3 is 10.5 Å². The lowest BCUT2D eigenvalue weighted by Crippen LogP contribution is -2.43. The average molecular weight is 237 g/mol. The molecule has 0 aliphatic carbocycles. The molecular weight excluding hydrogens is 214 g/mol. The van der Waals surface area contributed by atoms with Gasteiger partial charge in [-0.1, -0.05) is 0 Å². The molecule has 0 amide bonds. The molecule has 0 spiro atoms. The third-order valence-electron chi connectivity index (χ3n) is 3.09. The molecule has 0 aromatic carbocycles. The summed E-state index contributed by atoms with van der Waals surface area (Å²) in [6.45, 7) is 4.87. The topological polar surface area (TPSA) is 51.4 Å². The third-order valence-corrected chi connectivity index (χ3v) is 3.09. The fourth-order valence-corrected chi connectivity index (χ4v) is 2.10. The number of hydrogen-bond donors (Lipinski definition) is 1. The fourth-order valence-electron chi connectivity index (χ4n) is 2.10. The van der Waals surface area contributed by atoms with E-state index in [0.717, 1.165) is 0 Å². The van der Waals surface area contributed by atoms with Crippen LogP contribution in [-0.4, -0.2) is 42.7 Å². The Labute approximate surface area is 104 Å². The predicted molar refractivity (Wildman–Crippen MR) is 69.7 cm³/mol. The molecule has 0 aliphatic rings. The van der Waals surface area contributed by atoms with Gasteiger partial charge in [-0.3, -0.25) is 9.88 Å². The maximum atomic E-state index is 6.10. The molecule has 0 aliphatic heterocycles. The highest BCUT2D eigenvalue weighted by atomic mass is 16.5. The van der Waals surface area contributed by atoms with Gasteiger partial charge in [0.1, 0.15) is 0 Å². The van der Waals surface area contributed by atoms with Gasteiger partial charge in [0.25, 0.3) is 0 Å². The first kappa shape index (κ1) is 14.1. The zero-order chi connectivity index (χ0) is 12.8. The Bertz CT molecular complexity index is 316. The van der Waals surface area contributed by atoms with Gasteiger partial charge >= 0.3 is 0 Å². The van der Waals surface area contributed by atoms with Crippen LogP contribution in [0.4, 0.5) is 0 Å². The monoisotopic (exact) mass is 237 g/mol. The molecule has 1 heterocycles. The van der Waals surface area contributed by atoms with Gasteiger partial charge in [-0.15, -0.1) is 0 Å². The highest BCUT2D eigenvalue weighted by Crippen LogP contribution is 2.23. The molecule has 17 heavy (non-hydrogen) atoms. The first-order valence-electron chi connectivity index (χ1n) is 5.94. The quantitative estimate of drug-likeness (QED) is 0.813. The van der Waals surface area contributed by atoms with Crippen molar-refractivity contribution in [2.24, 2.45) is 5.73 Å². The van der Waals surface area contributed by atoms with Gasteiger partial charge in [-0.05, 0) is 38.6 Å². The molecule has 96 valence electrons. The first-order valence-corrected chi connectivity index (χ1v) is 5.94. The van der Waals surface area contributed by atoms with E-state index in [1.165, 1.54) is 5.56 Å². The molecule has 0 saturated heterocycles. The van der Waals surface area contributed by atoms with Crippen molar-refractivity contribution in [3.05, 3.63) is 30.1 Å². The van der Waals surface area contributed by atoms with E-state index in [1.54, 1.807) is 19.5 Å². The summed E-state index contributed by atoms with van der Waals surface area (Å²) in [5.41, 5.74) is 7.30. The smallest absolute Gasteiger partial charge is 0.0615 e. The van der Waals surface area contributed by atoms with Gasteiger partial charge in [0.2, 0.25) is 0 Å². The third kappa shape index (κ3) is 3.77. The van der Waals surface area contributed by atoms with Crippen molar-refractivity contribution < 1.29 is 4.74 Å². The number of aromatic nitrogens is 1. The number of ether oxygens (including phenoxy) is 1. The van der Waals surface area contributed by atoms with E-state index in [-0.39, 0.29) is 12.1 Å². The van der Waals surface area contributed by atoms with Gasteiger partial charge in [-0.25, -0.2) is 0 Å². The van der Waals surface area contributed by atoms with E-state index in [1.807, 2.05) is 19.1 Å². The average Bonchev–Trinajstić information content (AvgIpc) is 2.30. The van der Waals surface area contributed by atoms with E-state index in [0.29, 0.717) is 12.6 Å². The largest absolute Gasteiger partial charge is 0.383 e. The van der Waals surface area contributed by atoms with Crippen molar-refractivity contribution in [2.75, 3.05) is 20.8 Å². The Balaban J connectivity index is 2.86. The minimum Gasteiger partial charge on any atom is -0.383 e. The van der Waals surface area contributed by atoms with Crippen molar-refractivity contribution in [3.63, 3.8) is 0 Å². The molecule has 0 saturated carbocycles. The lowest BCUT2D eigenvalue weighted by molar-refractivity contribution is 0.0819. The van der Waals surface area contributed by atoms with Crippen molar-refractivity contribution in [1.29, 1.82) is 0 Å². The second-order valence-electron chi connectivity index (χ2n) is 4.55. The summed E-state index contributed by atoms with van der Waals surface area (Å²) >= 11 is 0. The summed E-state index contributed by atoms with van der Waals surface area (Å²) < 4.78 is 5.20. The van der Waals surface area contributed by atoms with Crippen LogP contribution in [0.15, 0.2) is 24.5 Å². The second-order valence-corrected chi connectivity index (χ2v) is 4.55. The van der Waals surface area contributed by atoms with Crippen LogP contribution in [0.3, 0.4) is 0 Å². The molecule has 4 heteroatoms. The molecule has 3 unspecified atom stereocenters. The highest BCUT2D eigenvalue weighted by Gasteiger charge is 2.24. The van der Waals surface area contributed by atoms with Crippen LogP contribution >= 0.6 is 0 Å². The van der Waals surface area contributed by atoms with Crippen LogP contribution in [0, 0.1) is 0 Å². The predicted octanol–water partition coefficient (Wildman–Crippen LogP) is 1.44. The minimum absolute atomic E-state index is 0.0571. The molecule has 1 rings (SSSR count). The number of rotatable bonds is 6. The zero-order valence-electron chi connectivity index (χ0n) is 11.1. The Morgan fingerprint density at radius 3 is 2.41 bits per heavy atom. The van der Waals surface area contributed by atoms with Gasteiger partial charge in [-0.2, -0.15) is 0 Å². The van der Waals surface area contributed by atoms with Crippen LogP contribution in [-0.2, 0) is 4.74 Å². The number of nitrogens with zero attached hydrogens (tertiary/aromatic N) is 2. The summed E-state index contributed by atoms with van der Waals surface area (Å²) in [4.78, 5) is 6.30. The van der Waals surface area contributed by atoms with Crippen LogP contribution < -0.4 is 5.73 Å². The molecule has 1 aromatic heterocycles.